The van der Waals surface area contributed by atoms with E-state index < -0.39 is 5.92 Å². The minimum Gasteiger partial charge on any atom is -0.462 e. The van der Waals surface area contributed by atoms with Crippen molar-refractivity contribution in [3.8, 4) is 0 Å². The number of rotatable bonds is 9. The van der Waals surface area contributed by atoms with E-state index in [-0.39, 0.29) is 17.8 Å². The van der Waals surface area contributed by atoms with Gasteiger partial charge in [0, 0.05) is 24.7 Å². The molecule has 5 heteroatoms. The molecule has 2 unspecified atom stereocenters. The number of piperidine rings is 1. The van der Waals surface area contributed by atoms with Gasteiger partial charge in [-0.2, -0.15) is 0 Å². The lowest BCUT2D eigenvalue weighted by atomic mass is 9.77. The van der Waals surface area contributed by atoms with Crippen LogP contribution in [-0.2, 0) is 9.53 Å². The SMILES string of the molecule is CCCC(c1ccccc1N1CCCCC1)C(C(N)=O)c1ccc(C(=O)OCC)cc1. The Balaban J connectivity index is 1.98. The predicted octanol–water partition coefficient (Wildman–Crippen LogP) is 5.01. The Morgan fingerprint density at radius 1 is 1.00 bits per heavy atom. The van der Waals surface area contributed by atoms with Crippen LogP contribution in [-0.4, -0.2) is 31.6 Å². The fourth-order valence-corrected chi connectivity index (χ4v) is 4.67. The number of esters is 1. The van der Waals surface area contributed by atoms with Crippen LogP contribution in [0.1, 0.15) is 79.3 Å². The molecule has 1 aliphatic heterocycles. The van der Waals surface area contributed by atoms with Gasteiger partial charge in [0.25, 0.3) is 0 Å². The zero-order valence-electron chi connectivity index (χ0n) is 18.7. The Hall–Kier alpha value is -2.82. The van der Waals surface area contributed by atoms with E-state index in [0.29, 0.717) is 12.2 Å². The molecule has 3 rings (SSSR count). The van der Waals surface area contributed by atoms with Crippen LogP contribution in [0.15, 0.2) is 48.5 Å². The van der Waals surface area contributed by atoms with Gasteiger partial charge in [-0.05, 0) is 61.9 Å². The quantitative estimate of drug-likeness (QED) is 0.577. The van der Waals surface area contributed by atoms with Crippen molar-refractivity contribution in [2.24, 2.45) is 5.73 Å². The molecule has 2 aromatic rings. The first kappa shape index (κ1) is 22.9. The third-order valence-corrected chi connectivity index (χ3v) is 6.12. The number of anilines is 1. The number of hydrogen-bond acceptors (Lipinski definition) is 4. The molecule has 0 saturated carbocycles. The van der Waals surface area contributed by atoms with Crippen LogP contribution in [0.5, 0.6) is 0 Å². The van der Waals surface area contributed by atoms with Gasteiger partial charge < -0.3 is 15.4 Å². The highest BCUT2D eigenvalue weighted by Crippen LogP contribution is 2.41. The highest BCUT2D eigenvalue weighted by atomic mass is 16.5. The first-order valence-corrected chi connectivity index (χ1v) is 11.5. The zero-order valence-corrected chi connectivity index (χ0v) is 18.7. The summed E-state index contributed by atoms with van der Waals surface area (Å²) in [6.45, 7) is 6.34. The number of nitrogens with two attached hydrogens (primary N) is 1. The maximum Gasteiger partial charge on any atom is 0.338 e. The average molecular weight is 423 g/mol. The number of hydrogen-bond donors (Lipinski definition) is 1. The van der Waals surface area contributed by atoms with Gasteiger partial charge in [0.1, 0.15) is 0 Å². The monoisotopic (exact) mass is 422 g/mol. The van der Waals surface area contributed by atoms with Gasteiger partial charge in [0.05, 0.1) is 18.1 Å². The molecule has 1 amide bonds. The largest absolute Gasteiger partial charge is 0.462 e. The summed E-state index contributed by atoms with van der Waals surface area (Å²) in [4.78, 5) is 27.2. The normalized spacial score (nSPS) is 15.9. The zero-order chi connectivity index (χ0) is 22.2. The second kappa shape index (κ2) is 11.0. The lowest BCUT2D eigenvalue weighted by Gasteiger charge is -2.34. The molecule has 1 saturated heterocycles. The molecule has 0 radical (unpaired) electrons. The number of primary amides is 1. The van der Waals surface area contributed by atoms with Crippen molar-refractivity contribution in [3.05, 3.63) is 65.2 Å². The van der Waals surface area contributed by atoms with E-state index in [9.17, 15) is 9.59 Å². The summed E-state index contributed by atoms with van der Waals surface area (Å²) in [6.07, 6.45) is 5.47. The highest BCUT2D eigenvalue weighted by molar-refractivity contribution is 5.90. The van der Waals surface area contributed by atoms with Crippen LogP contribution < -0.4 is 10.6 Å². The number of amides is 1. The fourth-order valence-electron chi connectivity index (χ4n) is 4.67. The van der Waals surface area contributed by atoms with Crippen LogP contribution in [0.3, 0.4) is 0 Å². The summed E-state index contributed by atoms with van der Waals surface area (Å²) < 4.78 is 5.08. The van der Waals surface area contributed by atoms with E-state index in [1.165, 1.54) is 30.5 Å². The molecule has 1 heterocycles. The summed E-state index contributed by atoms with van der Waals surface area (Å²) in [5.74, 6) is -1.17. The molecule has 1 aliphatic rings. The first-order valence-electron chi connectivity index (χ1n) is 11.5. The number of carbonyl (C=O) groups excluding carboxylic acids is 2. The molecule has 31 heavy (non-hydrogen) atoms. The molecule has 0 aromatic heterocycles. The molecule has 1 fully saturated rings. The van der Waals surface area contributed by atoms with E-state index in [0.717, 1.165) is 31.5 Å². The van der Waals surface area contributed by atoms with E-state index >= 15 is 0 Å². The Morgan fingerprint density at radius 3 is 2.29 bits per heavy atom. The van der Waals surface area contributed by atoms with Gasteiger partial charge >= 0.3 is 5.97 Å². The van der Waals surface area contributed by atoms with E-state index in [1.807, 2.05) is 18.2 Å². The van der Waals surface area contributed by atoms with Gasteiger partial charge in [-0.25, -0.2) is 4.79 Å². The summed E-state index contributed by atoms with van der Waals surface area (Å²) >= 11 is 0. The summed E-state index contributed by atoms with van der Waals surface area (Å²) in [5.41, 5.74) is 9.69. The predicted molar refractivity (Wildman–Crippen MR) is 124 cm³/mol. The minimum atomic E-state index is -0.456. The Kier molecular flexibility index (Phi) is 8.10. The minimum absolute atomic E-state index is 0.0194. The van der Waals surface area contributed by atoms with Crippen LogP contribution in [0, 0.1) is 0 Å². The third kappa shape index (κ3) is 5.46. The first-order chi connectivity index (χ1) is 15.1. The van der Waals surface area contributed by atoms with Crippen molar-refractivity contribution in [1.82, 2.24) is 0 Å². The van der Waals surface area contributed by atoms with E-state index in [2.05, 4.69) is 30.0 Å². The van der Waals surface area contributed by atoms with Crippen molar-refractivity contribution in [2.45, 2.75) is 57.8 Å². The lowest BCUT2D eigenvalue weighted by molar-refractivity contribution is -0.120. The second-order valence-corrected chi connectivity index (χ2v) is 8.22. The molecule has 2 atom stereocenters. The molecule has 0 spiro atoms. The van der Waals surface area contributed by atoms with Gasteiger partial charge in [0.2, 0.25) is 5.91 Å². The van der Waals surface area contributed by atoms with Crippen molar-refractivity contribution in [1.29, 1.82) is 0 Å². The van der Waals surface area contributed by atoms with Crippen molar-refractivity contribution >= 4 is 17.6 Å². The van der Waals surface area contributed by atoms with Gasteiger partial charge in [0.15, 0.2) is 0 Å². The molecule has 2 N–H and O–H groups in total. The van der Waals surface area contributed by atoms with Gasteiger partial charge in [-0.1, -0.05) is 43.7 Å². The number of nitrogens with zero attached hydrogens (tertiary/aromatic N) is 1. The van der Waals surface area contributed by atoms with Crippen LogP contribution in [0.25, 0.3) is 0 Å². The fraction of sp³-hybridized carbons (Fsp3) is 0.462. The summed E-state index contributed by atoms with van der Waals surface area (Å²) in [7, 11) is 0. The summed E-state index contributed by atoms with van der Waals surface area (Å²) in [5, 5.41) is 0. The molecular formula is C26H34N2O3. The van der Waals surface area contributed by atoms with Crippen molar-refractivity contribution < 1.29 is 14.3 Å². The Labute approximate surface area is 185 Å². The standard InChI is InChI=1S/C26H34N2O3/c1-3-10-22(21-11-6-7-12-23(21)28-17-8-5-9-18-28)24(25(27)29)19-13-15-20(16-14-19)26(30)31-4-2/h6-7,11-16,22,24H,3-5,8-10,17-18H2,1-2H3,(H2,27,29). The van der Waals surface area contributed by atoms with Gasteiger partial charge in [-0.3, -0.25) is 4.79 Å². The molecule has 2 aromatic carbocycles. The molecular weight excluding hydrogens is 388 g/mol. The van der Waals surface area contributed by atoms with Crippen molar-refractivity contribution in [2.75, 3.05) is 24.6 Å². The van der Waals surface area contributed by atoms with E-state index in [4.69, 9.17) is 10.5 Å². The second-order valence-electron chi connectivity index (χ2n) is 8.22. The average Bonchev–Trinajstić information content (AvgIpc) is 2.80. The maximum atomic E-state index is 12.7. The van der Waals surface area contributed by atoms with E-state index in [1.54, 1.807) is 19.1 Å². The van der Waals surface area contributed by atoms with Crippen molar-refractivity contribution in [3.63, 3.8) is 0 Å². The van der Waals surface area contributed by atoms with Crippen LogP contribution in [0.2, 0.25) is 0 Å². The lowest BCUT2D eigenvalue weighted by Crippen LogP contribution is -2.32. The Bertz CT molecular complexity index is 872. The smallest absolute Gasteiger partial charge is 0.338 e. The third-order valence-electron chi connectivity index (χ3n) is 6.12. The Morgan fingerprint density at radius 2 is 1.68 bits per heavy atom. The molecule has 166 valence electrons. The number of ether oxygens (including phenoxy) is 1. The maximum absolute atomic E-state index is 12.7. The molecule has 0 aliphatic carbocycles. The van der Waals surface area contributed by atoms with Gasteiger partial charge in [-0.15, -0.1) is 0 Å². The number of carbonyl (C=O) groups is 2. The summed E-state index contributed by atoms with van der Waals surface area (Å²) in [6, 6.07) is 15.6. The van der Waals surface area contributed by atoms with Crippen LogP contribution >= 0.6 is 0 Å². The highest BCUT2D eigenvalue weighted by Gasteiger charge is 2.31. The van der Waals surface area contributed by atoms with Crippen LogP contribution in [0.4, 0.5) is 5.69 Å². The topological polar surface area (TPSA) is 72.6 Å². The molecule has 5 nitrogen and oxygen atoms in total. The number of benzene rings is 2. The molecule has 0 bridgehead atoms. The number of para-hydroxylation sites is 1.